The van der Waals surface area contributed by atoms with Crippen molar-refractivity contribution in [3.8, 4) is 11.1 Å². The van der Waals surface area contributed by atoms with E-state index < -0.39 is 27.2 Å². The third-order valence-electron chi connectivity index (χ3n) is 16.9. The summed E-state index contributed by atoms with van der Waals surface area (Å²) in [5.74, 6) is 0.00208. The maximum atomic E-state index is 14.8. The normalized spacial score (nSPS) is 18.6. The van der Waals surface area contributed by atoms with E-state index in [0.29, 0.717) is 27.5 Å². The quantitative estimate of drug-likeness (QED) is 0.0844. The Kier molecular flexibility index (Phi) is 19.1. The number of hydrogen-bond acceptors (Lipinski definition) is 8. The fraction of sp³-hybridized carbons (Fsp3) is 0.0732. The van der Waals surface area contributed by atoms with Gasteiger partial charge in [-0.05, 0) is 77.1 Å². The van der Waals surface area contributed by atoms with Crippen molar-refractivity contribution in [2.45, 2.75) is 41.5 Å². The van der Waals surface area contributed by atoms with Crippen LogP contribution in [0.4, 0.5) is 55.7 Å². The van der Waals surface area contributed by atoms with E-state index in [0.717, 1.165) is 74.5 Å². The average molecular weight is 1350 g/mol. The van der Waals surface area contributed by atoms with Crippen molar-refractivity contribution in [1.82, 2.24) is 13.7 Å². The molecular weight excluding hydrogens is 1280 g/mol. The van der Waals surface area contributed by atoms with E-state index in [4.69, 9.17) is 27.9 Å². The molecule has 6 aliphatic rings. The molecule has 9 aromatic carbocycles. The van der Waals surface area contributed by atoms with Crippen molar-refractivity contribution in [2.24, 2.45) is 0 Å². The van der Waals surface area contributed by atoms with Gasteiger partial charge in [0.15, 0.2) is 0 Å². The van der Waals surface area contributed by atoms with Crippen LogP contribution in [0.5, 0.6) is 0 Å². The minimum Gasteiger partial charge on any atom is -0.627 e. The summed E-state index contributed by atoms with van der Waals surface area (Å²) < 4.78 is 114. The van der Waals surface area contributed by atoms with Gasteiger partial charge in [-0.3, -0.25) is 4.79 Å². The lowest BCUT2D eigenvalue weighted by atomic mass is 9.97. The number of allylic oxidation sites excluding steroid dienone is 13. The van der Waals surface area contributed by atoms with Gasteiger partial charge in [-0.2, -0.15) is 13.7 Å². The molecule has 0 aromatic heterocycles. The molecule has 1 atom stereocenters. The van der Waals surface area contributed by atoms with Crippen LogP contribution >= 0.6 is 0 Å². The molecule has 0 spiro atoms. The first-order valence-corrected chi connectivity index (χ1v) is 32.9. The summed E-state index contributed by atoms with van der Waals surface area (Å²) in [6, 6.07) is 76.4. The van der Waals surface area contributed by atoms with Gasteiger partial charge in [0.05, 0.1) is 45.7 Å². The molecule has 502 valence electrons. The number of nitrogens with zero attached hydrogens (tertiary/aromatic N) is 3. The molecule has 15 rings (SSSR count). The predicted molar refractivity (Wildman–Crippen MR) is 393 cm³/mol. The summed E-state index contributed by atoms with van der Waals surface area (Å²) in [7, 11) is -12.7. The van der Waals surface area contributed by atoms with E-state index in [1.165, 1.54) is 28.8 Å². The van der Waals surface area contributed by atoms with Crippen LogP contribution in [0.3, 0.4) is 0 Å². The van der Waals surface area contributed by atoms with Crippen molar-refractivity contribution >= 4 is 90.0 Å². The molecule has 0 radical (unpaired) electrons. The second kappa shape index (κ2) is 28.7. The van der Waals surface area contributed by atoms with E-state index in [-0.39, 0.29) is 34.6 Å². The highest BCUT2D eigenvalue weighted by Crippen LogP contribution is 2.39. The van der Waals surface area contributed by atoms with E-state index in [1.54, 1.807) is 61.5 Å². The minimum absolute atomic E-state index is 0.0805. The van der Waals surface area contributed by atoms with Gasteiger partial charge in [0.25, 0.3) is 5.97 Å². The molecule has 0 saturated carbocycles. The zero-order valence-corrected chi connectivity index (χ0v) is 56.0. The number of benzene rings is 9. The molecule has 11 nitrogen and oxygen atoms in total. The summed E-state index contributed by atoms with van der Waals surface area (Å²) in [6.45, 7) is 10.8. The van der Waals surface area contributed by atoms with Crippen LogP contribution in [0.25, 0.3) is 28.4 Å². The molecule has 101 heavy (non-hydrogen) atoms. The van der Waals surface area contributed by atoms with E-state index in [1.807, 2.05) is 159 Å². The van der Waals surface area contributed by atoms with Gasteiger partial charge in [-0.25, -0.2) is 0 Å². The van der Waals surface area contributed by atoms with Crippen LogP contribution in [-0.2, 0) is 37.4 Å². The Bertz CT molecular complexity index is 5110. The number of hydrogen-bond donors (Lipinski definition) is 0. The molecule has 2 aliphatic carbocycles. The molecule has 0 fully saturated rings. The van der Waals surface area contributed by atoms with Crippen molar-refractivity contribution in [3.63, 3.8) is 0 Å². The first kappa shape index (κ1) is 67.3. The maximum Gasteiger partial charge on any atom is 0.753 e. The fourth-order valence-corrected chi connectivity index (χ4v) is 12.2. The summed E-state index contributed by atoms with van der Waals surface area (Å²) in [5.41, 5.74) is 16.8. The molecule has 19 heteroatoms. The molecule has 4 aliphatic heterocycles. The number of carbonyl (C=O) groups is 1. The smallest absolute Gasteiger partial charge is 0.627 e. The standard InChI is InChI=1S/C30H26BF2NO2.C28H20BF2NO2.C24H21BFNO4/c1-21-9-14-26(15-10-21)34(27-16-11-22(2)12-17-27)28-18-13-25(19-23(28)3)30-20-29(35-31(32,33)36-30)24-7-5-4-6-8-24;1-19-11-14-22(15-12-19)32-25-10-6-5-9-23(25)24-17-21(13-16-26(24)32)28-18-27(33-29(30,31)34-28)20-7-3-2-4-8-20;1-18-17-24(31-25(26,29-18)30-19(2)28)20-13-15-23(16-14-20)27(21-9-5-3-6-10-21)22-11-7-4-8-12-22/h4-20H,1-3H3;2-18H,1H3;3-17H,1-2H3. The lowest BCUT2D eigenvalue weighted by Crippen LogP contribution is -2.44. The molecule has 4 heterocycles. The Morgan fingerprint density at radius 3 is 1.42 bits per heavy atom. The van der Waals surface area contributed by atoms with Crippen LogP contribution in [-0.4, -0.2) is 38.6 Å². The monoisotopic (exact) mass is 1350 g/mol. The van der Waals surface area contributed by atoms with Crippen molar-refractivity contribution in [1.29, 1.82) is 0 Å². The first-order chi connectivity index (χ1) is 48.7. The molecule has 9 aromatic rings. The molecule has 0 N–H and O–H groups in total. The Hall–Kier alpha value is -12.2. The SMILES string of the molecule is CC(=O)O[B-]1(F)OC(C)=CC(=C2C=CC(=[N+](c3ccccc3)c3ccccc3)C=C2)O1.CC1=CC(=C2C=C(c3ccccc3)O[B-](F)(F)O2)C=CC1=[N+](c1ccc(C)cc1)c1ccc(C)cc1.Cc1ccc([N+]2=c3ccc(=C4C=C(c5ccccc5)O[B-](F)(F)O4)cc3-c3ccccc32)cc1. The van der Waals surface area contributed by atoms with Gasteiger partial charge in [-0.15, -0.1) is 0 Å². The largest absolute Gasteiger partial charge is 0.753 e. The summed E-state index contributed by atoms with van der Waals surface area (Å²) in [4.78, 5) is 11.2. The van der Waals surface area contributed by atoms with Crippen LogP contribution in [0.1, 0.15) is 48.6 Å². The third kappa shape index (κ3) is 15.5. The van der Waals surface area contributed by atoms with Crippen LogP contribution < -0.4 is 24.3 Å². The Balaban J connectivity index is 0.000000136. The van der Waals surface area contributed by atoms with Gasteiger partial charge in [0.2, 0.25) is 50.9 Å². The summed E-state index contributed by atoms with van der Waals surface area (Å²) in [6.07, 6.45) is 17.7. The van der Waals surface area contributed by atoms with Crippen molar-refractivity contribution < 1.29 is 59.0 Å². The second-order valence-corrected chi connectivity index (χ2v) is 24.5. The van der Waals surface area contributed by atoms with E-state index in [2.05, 4.69) is 118 Å². The number of rotatable bonds is 8. The Morgan fingerprint density at radius 1 is 0.416 bits per heavy atom. The number of para-hydroxylation sites is 3. The van der Waals surface area contributed by atoms with Gasteiger partial charge in [0, 0.05) is 149 Å². The first-order valence-electron chi connectivity index (χ1n) is 32.9. The predicted octanol–water partition coefficient (Wildman–Crippen LogP) is 18.8. The molecular formula is C82H67B3F5N3O8. The van der Waals surface area contributed by atoms with E-state index in [9.17, 15) is 26.4 Å². The molecule has 0 bridgehead atoms. The zero-order chi connectivity index (χ0) is 70.4. The van der Waals surface area contributed by atoms with Crippen LogP contribution in [0.2, 0.25) is 0 Å². The van der Waals surface area contributed by atoms with Gasteiger partial charge in [-0.1, -0.05) is 162 Å². The number of aryl methyl sites for hydroxylation is 3. The average Bonchev–Trinajstić information content (AvgIpc) is 1.61. The van der Waals surface area contributed by atoms with Crippen LogP contribution in [0.15, 0.2) is 331 Å². The second-order valence-electron chi connectivity index (χ2n) is 24.5. The number of fused-ring (bicyclic) bond motifs is 3. The minimum atomic E-state index is -4.49. The number of carbonyl (C=O) groups excluding carboxylic acids is 1. The highest BCUT2D eigenvalue weighted by atomic mass is 19.3. The summed E-state index contributed by atoms with van der Waals surface area (Å²) >= 11 is 0. The highest BCUT2D eigenvalue weighted by molar-refractivity contribution is 6.56. The van der Waals surface area contributed by atoms with E-state index >= 15 is 0 Å². The lowest BCUT2D eigenvalue weighted by Gasteiger charge is -2.38. The number of halogens is 5. The third-order valence-corrected chi connectivity index (χ3v) is 16.9. The zero-order valence-electron chi connectivity index (χ0n) is 56.0. The molecule has 0 saturated heterocycles. The van der Waals surface area contributed by atoms with Crippen molar-refractivity contribution in [2.75, 3.05) is 0 Å². The van der Waals surface area contributed by atoms with Gasteiger partial charge < -0.3 is 54.2 Å². The molecule has 0 amide bonds. The Labute approximate surface area is 582 Å². The fourth-order valence-electron chi connectivity index (χ4n) is 12.2. The maximum absolute atomic E-state index is 14.8. The van der Waals surface area contributed by atoms with Gasteiger partial charge >= 0.3 is 21.2 Å². The van der Waals surface area contributed by atoms with Gasteiger partial charge in [0.1, 0.15) is 0 Å². The Morgan fingerprint density at radius 2 is 0.881 bits per heavy atom. The topological polar surface area (TPSA) is 90.7 Å². The van der Waals surface area contributed by atoms with Crippen LogP contribution in [0, 0.1) is 20.8 Å². The van der Waals surface area contributed by atoms with Crippen molar-refractivity contribution in [3.05, 3.63) is 370 Å². The highest BCUT2D eigenvalue weighted by Gasteiger charge is 2.43. The summed E-state index contributed by atoms with van der Waals surface area (Å²) in [5, 5.41) is 1.56. The molecule has 1 unspecified atom stereocenters. The lowest BCUT2D eigenvalue weighted by molar-refractivity contribution is -0.137.